The minimum absolute atomic E-state index is 0.150. The largest absolute Gasteiger partial charge is 0.372 e. The molecule has 0 bridgehead atoms. The summed E-state index contributed by atoms with van der Waals surface area (Å²) >= 11 is 2.17. The predicted octanol–water partition coefficient (Wildman–Crippen LogP) is 2.97. The third kappa shape index (κ3) is 2.76. The van der Waals surface area contributed by atoms with E-state index in [9.17, 15) is 4.79 Å². The molecule has 0 radical (unpaired) electrons. The molecule has 19 heavy (non-hydrogen) atoms. The zero-order valence-corrected chi connectivity index (χ0v) is 12.2. The van der Waals surface area contributed by atoms with Gasteiger partial charge in [-0.1, -0.05) is 6.07 Å². The van der Waals surface area contributed by atoms with Crippen LogP contribution in [0.3, 0.4) is 0 Å². The third-order valence-electron chi connectivity index (χ3n) is 2.95. The zero-order chi connectivity index (χ0) is 13.2. The Hall–Kier alpha value is -1.47. The maximum atomic E-state index is 12.1. The highest BCUT2D eigenvalue weighted by Gasteiger charge is 2.14. The van der Waals surface area contributed by atoms with Gasteiger partial charge in [0.25, 0.3) is 5.91 Å². The first-order chi connectivity index (χ1) is 9.22. The Balaban J connectivity index is 1.78. The molecule has 1 N–H and O–H groups in total. The maximum Gasteiger partial charge on any atom is 0.256 e. The SMILES string of the molecule is O=C(Nc1ccc(I)cn1)c1ccc2c(c1)COC2. The van der Waals surface area contributed by atoms with Gasteiger partial charge in [-0.15, -0.1) is 0 Å². The molecule has 0 atom stereocenters. The molecule has 0 spiro atoms. The van der Waals surface area contributed by atoms with Crippen molar-refractivity contribution in [3.8, 4) is 0 Å². The number of halogens is 1. The topological polar surface area (TPSA) is 51.2 Å². The fourth-order valence-corrected chi connectivity index (χ4v) is 2.27. The lowest BCUT2D eigenvalue weighted by atomic mass is 10.1. The average molecular weight is 366 g/mol. The Morgan fingerprint density at radius 3 is 2.84 bits per heavy atom. The molecule has 3 rings (SSSR count). The van der Waals surface area contributed by atoms with Crippen LogP contribution in [0, 0.1) is 3.57 Å². The van der Waals surface area contributed by atoms with Crippen LogP contribution in [0.25, 0.3) is 0 Å². The van der Waals surface area contributed by atoms with Crippen LogP contribution in [0.5, 0.6) is 0 Å². The molecule has 0 fully saturated rings. The summed E-state index contributed by atoms with van der Waals surface area (Å²) in [7, 11) is 0. The van der Waals surface area contributed by atoms with Crippen LogP contribution in [0.4, 0.5) is 5.82 Å². The minimum atomic E-state index is -0.150. The molecule has 0 saturated carbocycles. The van der Waals surface area contributed by atoms with Gasteiger partial charge in [-0.05, 0) is 58.0 Å². The number of hydrogen-bond donors (Lipinski definition) is 1. The summed E-state index contributed by atoms with van der Waals surface area (Å²) in [5.41, 5.74) is 2.87. The monoisotopic (exact) mass is 366 g/mol. The minimum Gasteiger partial charge on any atom is -0.372 e. The van der Waals surface area contributed by atoms with E-state index in [1.165, 1.54) is 0 Å². The first-order valence-corrected chi connectivity index (χ1v) is 6.93. The molecule has 0 aliphatic carbocycles. The second-order valence-corrected chi connectivity index (χ2v) is 5.54. The molecule has 1 aliphatic rings. The van der Waals surface area contributed by atoms with Gasteiger partial charge >= 0.3 is 0 Å². The summed E-state index contributed by atoms with van der Waals surface area (Å²) < 4.78 is 6.37. The van der Waals surface area contributed by atoms with Crippen molar-refractivity contribution in [2.75, 3.05) is 5.32 Å². The number of anilines is 1. The lowest BCUT2D eigenvalue weighted by molar-refractivity contribution is 0.102. The molecule has 0 saturated heterocycles. The van der Waals surface area contributed by atoms with Crippen molar-refractivity contribution in [2.24, 2.45) is 0 Å². The number of nitrogens with zero attached hydrogens (tertiary/aromatic N) is 1. The number of rotatable bonds is 2. The smallest absolute Gasteiger partial charge is 0.256 e. The van der Waals surface area contributed by atoms with Crippen LogP contribution in [-0.4, -0.2) is 10.9 Å². The summed E-state index contributed by atoms with van der Waals surface area (Å²) in [5.74, 6) is 0.408. The van der Waals surface area contributed by atoms with Crippen LogP contribution < -0.4 is 5.32 Å². The second-order valence-electron chi connectivity index (χ2n) is 4.29. The van der Waals surface area contributed by atoms with Crippen LogP contribution in [0.15, 0.2) is 36.5 Å². The third-order valence-corrected chi connectivity index (χ3v) is 3.59. The second kappa shape index (κ2) is 5.26. The fraction of sp³-hybridized carbons (Fsp3) is 0.143. The van der Waals surface area contributed by atoms with Gasteiger partial charge in [0.1, 0.15) is 5.82 Å². The molecule has 96 valence electrons. The van der Waals surface area contributed by atoms with Crippen LogP contribution in [0.2, 0.25) is 0 Å². The molecule has 1 aliphatic heterocycles. The van der Waals surface area contributed by atoms with Gasteiger partial charge in [0.05, 0.1) is 13.2 Å². The fourth-order valence-electron chi connectivity index (χ4n) is 1.95. The number of pyridine rings is 1. The summed E-state index contributed by atoms with van der Waals surface area (Å²) in [4.78, 5) is 16.3. The predicted molar refractivity (Wildman–Crippen MR) is 79.8 cm³/mol. The number of carbonyl (C=O) groups excluding carboxylic acids is 1. The highest BCUT2D eigenvalue weighted by Crippen LogP contribution is 2.21. The molecular weight excluding hydrogens is 355 g/mol. The van der Waals surface area contributed by atoms with Crippen molar-refractivity contribution in [3.05, 3.63) is 56.8 Å². The van der Waals surface area contributed by atoms with E-state index in [-0.39, 0.29) is 5.91 Å². The molecule has 4 nitrogen and oxygen atoms in total. The van der Waals surface area contributed by atoms with Crippen molar-refractivity contribution in [1.29, 1.82) is 0 Å². The Kier molecular flexibility index (Phi) is 3.48. The molecule has 0 unspecified atom stereocenters. The van der Waals surface area contributed by atoms with Crippen LogP contribution in [0.1, 0.15) is 21.5 Å². The van der Waals surface area contributed by atoms with Crippen LogP contribution >= 0.6 is 22.6 Å². The number of benzene rings is 1. The van der Waals surface area contributed by atoms with Gasteiger partial charge < -0.3 is 10.1 Å². The van der Waals surface area contributed by atoms with Crippen molar-refractivity contribution in [2.45, 2.75) is 13.2 Å². The summed E-state index contributed by atoms with van der Waals surface area (Å²) in [6, 6.07) is 9.33. The van der Waals surface area contributed by atoms with Crippen molar-refractivity contribution in [3.63, 3.8) is 0 Å². The van der Waals surface area contributed by atoms with Gasteiger partial charge in [-0.3, -0.25) is 4.79 Å². The van der Waals surface area contributed by atoms with E-state index < -0.39 is 0 Å². The molecule has 1 amide bonds. The van der Waals surface area contributed by atoms with E-state index in [4.69, 9.17) is 4.74 Å². The van der Waals surface area contributed by atoms with Gasteiger partial charge in [0.2, 0.25) is 0 Å². The van der Waals surface area contributed by atoms with E-state index in [0.29, 0.717) is 24.6 Å². The number of nitrogens with one attached hydrogen (secondary N) is 1. The number of hydrogen-bond acceptors (Lipinski definition) is 3. The van der Waals surface area contributed by atoms with Crippen LogP contribution in [-0.2, 0) is 18.0 Å². The molecule has 2 aromatic rings. The van der Waals surface area contributed by atoms with Crippen molar-refractivity contribution >= 4 is 34.3 Å². The van der Waals surface area contributed by atoms with E-state index in [1.807, 2.05) is 24.3 Å². The molecule has 1 aromatic heterocycles. The first-order valence-electron chi connectivity index (χ1n) is 5.85. The highest BCUT2D eigenvalue weighted by molar-refractivity contribution is 14.1. The van der Waals surface area contributed by atoms with Gasteiger partial charge in [-0.25, -0.2) is 4.98 Å². The van der Waals surface area contributed by atoms with E-state index >= 15 is 0 Å². The highest BCUT2D eigenvalue weighted by atomic mass is 127. The summed E-state index contributed by atoms with van der Waals surface area (Å²) in [5, 5.41) is 2.78. The molecule has 5 heteroatoms. The van der Waals surface area contributed by atoms with E-state index in [2.05, 4.69) is 32.9 Å². The lowest BCUT2D eigenvalue weighted by Gasteiger charge is -2.05. The maximum absolute atomic E-state index is 12.1. The van der Waals surface area contributed by atoms with Crippen molar-refractivity contribution < 1.29 is 9.53 Å². The van der Waals surface area contributed by atoms with Gasteiger partial charge in [0, 0.05) is 15.3 Å². The average Bonchev–Trinajstić information content (AvgIpc) is 2.88. The number of amides is 1. The lowest BCUT2D eigenvalue weighted by Crippen LogP contribution is -2.13. The number of aromatic nitrogens is 1. The first kappa shape index (κ1) is 12.6. The Morgan fingerprint density at radius 2 is 2.05 bits per heavy atom. The molecule has 2 heterocycles. The zero-order valence-electron chi connectivity index (χ0n) is 10.0. The number of carbonyl (C=O) groups is 1. The normalized spacial score (nSPS) is 13.1. The van der Waals surface area contributed by atoms with Gasteiger partial charge in [-0.2, -0.15) is 0 Å². The van der Waals surface area contributed by atoms with Gasteiger partial charge in [0.15, 0.2) is 0 Å². The summed E-state index contributed by atoms with van der Waals surface area (Å²) in [6.07, 6.45) is 1.71. The number of ether oxygens (including phenoxy) is 1. The standard InChI is InChI=1S/C14H11IN2O2/c15-12-3-4-13(16-6-12)17-14(18)9-1-2-10-7-19-8-11(10)5-9/h1-6H,7-8H2,(H,16,17,18). The Morgan fingerprint density at radius 1 is 1.21 bits per heavy atom. The van der Waals surface area contributed by atoms with E-state index in [1.54, 1.807) is 12.3 Å². The Bertz CT molecular complexity index is 626. The Labute approximate surface area is 124 Å². The molecule has 1 aromatic carbocycles. The number of fused-ring (bicyclic) bond motifs is 1. The van der Waals surface area contributed by atoms with Crippen molar-refractivity contribution in [1.82, 2.24) is 4.98 Å². The quantitative estimate of drug-likeness (QED) is 0.832. The summed E-state index contributed by atoms with van der Waals surface area (Å²) in [6.45, 7) is 1.22. The van der Waals surface area contributed by atoms with E-state index in [0.717, 1.165) is 14.7 Å². The molecular formula is C14H11IN2O2.